The molecule has 1 heterocycles. The number of aliphatic hydroxyl groups is 1. The number of likely N-dealkylation sites (N-methyl/N-ethyl adjacent to an activating group) is 1. The van der Waals surface area contributed by atoms with Crippen LogP contribution >= 0.6 is 0 Å². The highest BCUT2D eigenvalue weighted by molar-refractivity contribution is 4.76. The first-order valence-corrected chi connectivity index (χ1v) is 5.86. The highest BCUT2D eigenvalue weighted by Gasteiger charge is 2.16. The maximum atomic E-state index is 8.66. The molecule has 0 aliphatic carbocycles. The fourth-order valence-electron chi connectivity index (χ4n) is 2.04. The van der Waals surface area contributed by atoms with Crippen LogP contribution in [0.4, 0.5) is 0 Å². The summed E-state index contributed by atoms with van der Waals surface area (Å²) in [5.74, 6) is 0. The maximum Gasteiger partial charge on any atom is 0.0431 e. The lowest BCUT2D eigenvalue weighted by Gasteiger charge is -2.31. The topological polar surface area (TPSA) is 35.5 Å². The van der Waals surface area contributed by atoms with Crippen LogP contribution in [0.5, 0.6) is 0 Å². The van der Waals surface area contributed by atoms with E-state index in [1.54, 1.807) is 0 Å². The number of aliphatic hydroxyl groups excluding tert-OH is 1. The van der Waals surface area contributed by atoms with E-state index in [1.807, 2.05) is 0 Å². The molecule has 0 radical (unpaired) electrons. The van der Waals surface area contributed by atoms with Crippen molar-refractivity contribution in [2.24, 2.45) is 0 Å². The zero-order chi connectivity index (χ0) is 10.2. The molecule has 0 aromatic rings. The van der Waals surface area contributed by atoms with Crippen molar-refractivity contribution in [3.05, 3.63) is 0 Å². The number of hydrogen-bond donors (Lipinski definition) is 2. The molecule has 0 saturated carbocycles. The highest BCUT2D eigenvalue weighted by atomic mass is 16.2. The molecule has 84 valence electrons. The van der Waals surface area contributed by atoms with Gasteiger partial charge in [-0.15, -0.1) is 0 Å². The summed E-state index contributed by atoms with van der Waals surface area (Å²) in [5, 5.41) is 12.1. The monoisotopic (exact) mass is 200 g/mol. The fourth-order valence-corrected chi connectivity index (χ4v) is 2.04. The molecule has 1 atom stereocenters. The first kappa shape index (κ1) is 12.0. The van der Waals surface area contributed by atoms with E-state index in [-0.39, 0.29) is 0 Å². The second kappa shape index (κ2) is 7.21. The molecule has 1 rings (SSSR count). The summed E-state index contributed by atoms with van der Waals surface area (Å²) in [6, 6.07) is 0.734. The number of unbranched alkanes of at least 4 members (excludes halogenated alkanes) is 2. The zero-order valence-electron chi connectivity index (χ0n) is 9.34. The van der Waals surface area contributed by atoms with Crippen LogP contribution in [0.1, 0.15) is 32.1 Å². The second-order valence-electron chi connectivity index (χ2n) is 4.27. The third-order valence-corrected chi connectivity index (χ3v) is 3.06. The van der Waals surface area contributed by atoms with Crippen molar-refractivity contribution >= 4 is 0 Å². The van der Waals surface area contributed by atoms with Crippen LogP contribution in [0.15, 0.2) is 0 Å². The number of nitrogens with zero attached hydrogens (tertiary/aromatic N) is 1. The lowest BCUT2D eigenvalue weighted by Crippen LogP contribution is -2.44. The number of rotatable bonds is 6. The van der Waals surface area contributed by atoms with Crippen LogP contribution in [0.3, 0.4) is 0 Å². The Morgan fingerprint density at radius 3 is 2.86 bits per heavy atom. The molecule has 2 N–H and O–H groups in total. The molecule has 1 unspecified atom stereocenters. The smallest absolute Gasteiger partial charge is 0.0431 e. The normalized spacial score (nSPS) is 22.9. The highest BCUT2D eigenvalue weighted by Crippen LogP contribution is 2.09. The molecule has 3 nitrogen and oxygen atoms in total. The van der Waals surface area contributed by atoms with Gasteiger partial charge in [0.2, 0.25) is 0 Å². The van der Waals surface area contributed by atoms with Crippen LogP contribution in [0.25, 0.3) is 0 Å². The van der Waals surface area contributed by atoms with Crippen molar-refractivity contribution < 1.29 is 5.11 Å². The fraction of sp³-hybridized carbons (Fsp3) is 1.00. The third kappa shape index (κ3) is 4.40. The Morgan fingerprint density at radius 2 is 2.21 bits per heavy atom. The first-order chi connectivity index (χ1) is 6.84. The lowest BCUT2D eigenvalue weighted by atomic mass is 10.1. The van der Waals surface area contributed by atoms with Crippen molar-refractivity contribution in [3.8, 4) is 0 Å². The van der Waals surface area contributed by atoms with E-state index >= 15 is 0 Å². The van der Waals surface area contributed by atoms with Gasteiger partial charge in [0, 0.05) is 19.2 Å². The van der Waals surface area contributed by atoms with E-state index in [2.05, 4.69) is 17.3 Å². The van der Waals surface area contributed by atoms with Gasteiger partial charge in [0.1, 0.15) is 0 Å². The number of piperidine rings is 1. The standard InChI is InChI=1S/C11H24N2O/c1-13(8-3-2-4-9-14)11-6-5-7-12-10-11/h11-12,14H,2-10H2,1H3. The minimum atomic E-state index is 0.342. The van der Waals surface area contributed by atoms with E-state index in [0.29, 0.717) is 6.61 Å². The van der Waals surface area contributed by atoms with E-state index in [0.717, 1.165) is 25.4 Å². The molecule has 0 amide bonds. The van der Waals surface area contributed by atoms with E-state index in [1.165, 1.54) is 32.4 Å². The maximum absolute atomic E-state index is 8.66. The summed E-state index contributed by atoms with van der Waals surface area (Å²) in [7, 11) is 2.22. The zero-order valence-corrected chi connectivity index (χ0v) is 9.34. The molecule has 0 bridgehead atoms. The van der Waals surface area contributed by atoms with Gasteiger partial charge in [0.25, 0.3) is 0 Å². The van der Waals surface area contributed by atoms with Gasteiger partial charge < -0.3 is 15.3 Å². The van der Waals surface area contributed by atoms with Gasteiger partial charge in [-0.2, -0.15) is 0 Å². The van der Waals surface area contributed by atoms with Gasteiger partial charge in [0.15, 0.2) is 0 Å². The molecule has 14 heavy (non-hydrogen) atoms. The molecule has 1 fully saturated rings. The predicted molar refractivity (Wildman–Crippen MR) is 59.5 cm³/mol. The van der Waals surface area contributed by atoms with Gasteiger partial charge in [-0.05, 0) is 52.2 Å². The van der Waals surface area contributed by atoms with Gasteiger partial charge in [-0.3, -0.25) is 0 Å². The molecular weight excluding hydrogens is 176 g/mol. The van der Waals surface area contributed by atoms with Crippen molar-refractivity contribution in [1.29, 1.82) is 0 Å². The van der Waals surface area contributed by atoms with E-state index < -0.39 is 0 Å². The second-order valence-corrected chi connectivity index (χ2v) is 4.27. The van der Waals surface area contributed by atoms with Gasteiger partial charge in [-0.1, -0.05) is 0 Å². The van der Waals surface area contributed by atoms with Crippen LogP contribution < -0.4 is 5.32 Å². The Hall–Kier alpha value is -0.120. The number of nitrogens with one attached hydrogen (secondary N) is 1. The summed E-state index contributed by atoms with van der Waals surface area (Å²) < 4.78 is 0. The largest absolute Gasteiger partial charge is 0.396 e. The summed E-state index contributed by atoms with van der Waals surface area (Å²) >= 11 is 0. The first-order valence-electron chi connectivity index (χ1n) is 5.86. The van der Waals surface area contributed by atoms with Crippen LogP contribution in [-0.2, 0) is 0 Å². The Balaban J connectivity index is 2.04. The minimum Gasteiger partial charge on any atom is -0.396 e. The van der Waals surface area contributed by atoms with Crippen LogP contribution in [0.2, 0.25) is 0 Å². The molecule has 0 spiro atoms. The van der Waals surface area contributed by atoms with E-state index in [9.17, 15) is 0 Å². The molecule has 1 aliphatic heterocycles. The Kier molecular flexibility index (Phi) is 6.15. The Labute approximate surface area is 87.5 Å². The van der Waals surface area contributed by atoms with Gasteiger partial charge in [-0.25, -0.2) is 0 Å². The summed E-state index contributed by atoms with van der Waals surface area (Å²) in [6.07, 6.45) is 5.97. The minimum absolute atomic E-state index is 0.342. The van der Waals surface area contributed by atoms with Crippen LogP contribution in [0, 0.1) is 0 Å². The Bertz CT molecular complexity index is 135. The summed E-state index contributed by atoms with van der Waals surface area (Å²) in [5.41, 5.74) is 0. The van der Waals surface area contributed by atoms with Crippen molar-refractivity contribution in [2.75, 3.05) is 33.3 Å². The third-order valence-electron chi connectivity index (χ3n) is 3.06. The summed E-state index contributed by atoms with van der Waals surface area (Å²) in [4.78, 5) is 2.46. The van der Waals surface area contributed by atoms with Crippen molar-refractivity contribution in [2.45, 2.75) is 38.1 Å². The van der Waals surface area contributed by atoms with Crippen molar-refractivity contribution in [1.82, 2.24) is 10.2 Å². The Morgan fingerprint density at radius 1 is 1.36 bits per heavy atom. The molecule has 0 aromatic heterocycles. The van der Waals surface area contributed by atoms with Crippen LogP contribution in [-0.4, -0.2) is 49.3 Å². The average Bonchev–Trinajstić information content (AvgIpc) is 2.25. The molecule has 1 saturated heterocycles. The summed E-state index contributed by atoms with van der Waals surface area (Å²) in [6.45, 7) is 3.85. The van der Waals surface area contributed by atoms with Crippen molar-refractivity contribution in [3.63, 3.8) is 0 Å². The van der Waals surface area contributed by atoms with Gasteiger partial charge in [0.05, 0.1) is 0 Å². The molecule has 0 aromatic carbocycles. The van der Waals surface area contributed by atoms with Gasteiger partial charge >= 0.3 is 0 Å². The lowest BCUT2D eigenvalue weighted by molar-refractivity contribution is 0.197. The SMILES string of the molecule is CN(CCCCCO)C1CCCNC1. The quantitative estimate of drug-likeness (QED) is 0.624. The molecule has 1 aliphatic rings. The average molecular weight is 200 g/mol. The van der Waals surface area contributed by atoms with E-state index in [4.69, 9.17) is 5.11 Å². The molecular formula is C11H24N2O. The predicted octanol–water partition coefficient (Wildman–Crippen LogP) is 0.833. The number of hydrogen-bond acceptors (Lipinski definition) is 3. The molecule has 3 heteroatoms.